The lowest BCUT2D eigenvalue weighted by atomic mass is 10.1. The lowest BCUT2D eigenvalue weighted by Crippen LogP contribution is -2.28. The van der Waals surface area contributed by atoms with Crippen molar-refractivity contribution in [1.29, 1.82) is 0 Å². The van der Waals surface area contributed by atoms with E-state index in [0.717, 1.165) is 49.8 Å². The van der Waals surface area contributed by atoms with Gasteiger partial charge in [-0.25, -0.2) is 9.97 Å². The minimum Gasteiger partial charge on any atom is -0.381 e. The van der Waals surface area contributed by atoms with Gasteiger partial charge in [0.05, 0.1) is 0 Å². The van der Waals surface area contributed by atoms with Crippen molar-refractivity contribution >= 4 is 5.82 Å². The molecule has 1 N–H and O–H groups in total. The van der Waals surface area contributed by atoms with E-state index in [1.807, 2.05) is 13.0 Å². The fourth-order valence-electron chi connectivity index (χ4n) is 1.94. The van der Waals surface area contributed by atoms with Gasteiger partial charge in [-0.1, -0.05) is 6.92 Å². The summed E-state index contributed by atoms with van der Waals surface area (Å²) in [5.41, 5.74) is 1.10. The van der Waals surface area contributed by atoms with Crippen LogP contribution in [0.3, 0.4) is 0 Å². The molecule has 16 heavy (non-hydrogen) atoms. The van der Waals surface area contributed by atoms with E-state index in [4.69, 9.17) is 4.74 Å². The van der Waals surface area contributed by atoms with Crippen molar-refractivity contribution in [3.63, 3.8) is 0 Å². The van der Waals surface area contributed by atoms with E-state index >= 15 is 0 Å². The molecule has 1 aromatic rings. The summed E-state index contributed by atoms with van der Waals surface area (Å²) < 4.78 is 5.33. The molecular weight excluding hydrogens is 202 g/mol. The summed E-state index contributed by atoms with van der Waals surface area (Å²) in [5.74, 6) is 1.80. The lowest BCUT2D eigenvalue weighted by molar-refractivity contribution is 0.0904. The second-order valence-electron chi connectivity index (χ2n) is 4.18. The highest BCUT2D eigenvalue weighted by atomic mass is 16.5. The Labute approximate surface area is 96.4 Å². The molecule has 0 bridgehead atoms. The number of hydrogen-bond acceptors (Lipinski definition) is 4. The summed E-state index contributed by atoms with van der Waals surface area (Å²) in [5, 5.41) is 3.47. The highest BCUT2D eigenvalue weighted by molar-refractivity contribution is 5.37. The number of anilines is 1. The molecule has 1 fully saturated rings. The molecular formula is C12H19N3O. The first-order valence-electron chi connectivity index (χ1n) is 5.96. The molecule has 0 saturated carbocycles. The number of rotatable bonds is 3. The maximum Gasteiger partial charge on any atom is 0.130 e. The summed E-state index contributed by atoms with van der Waals surface area (Å²) in [6, 6.07) is 2.54. The van der Waals surface area contributed by atoms with Crippen molar-refractivity contribution in [2.75, 3.05) is 18.5 Å². The molecule has 0 amide bonds. The zero-order valence-corrected chi connectivity index (χ0v) is 9.99. The lowest BCUT2D eigenvalue weighted by Gasteiger charge is -2.23. The fourth-order valence-corrected chi connectivity index (χ4v) is 1.94. The van der Waals surface area contributed by atoms with E-state index in [9.17, 15) is 0 Å². The molecule has 88 valence electrons. The number of ether oxygens (including phenoxy) is 1. The Morgan fingerprint density at radius 1 is 1.38 bits per heavy atom. The monoisotopic (exact) mass is 221 g/mol. The van der Waals surface area contributed by atoms with Crippen molar-refractivity contribution < 1.29 is 4.74 Å². The second kappa shape index (κ2) is 5.25. The molecule has 0 aromatic carbocycles. The Kier molecular flexibility index (Phi) is 3.72. The van der Waals surface area contributed by atoms with E-state index < -0.39 is 0 Å². The molecule has 1 saturated heterocycles. The molecule has 0 aliphatic carbocycles. The molecule has 1 aromatic heterocycles. The number of nitrogens with zero attached hydrogens (tertiary/aromatic N) is 2. The zero-order chi connectivity index (χ0) is 11.4. The van der Waals surface area contributed by atoms with Crippen LogP contribution < -0.4 is 5.32 Å². The molecule has 4 heteroatoms. The van der Waals surface area contributed by atoms with Crippen LogP contribution >= 0.6 is 0 Å². The van der Waals surface area contributed by atoms with E-state index in [1.54, 1.807) is 0 Å². The topological polar surface area (TPSA) is 47.0 Å². The summed E-state index contributed by atoms with van der Waals surface area (Å²) in [4.78, 5) is 8.78. The second-order valence-corrected chi connectivity index (χ2v) is 4.18. The van der Waals surface area contributed by atoms with Gasteiger partial charge in [0.25, 0.3) is 0 Å². The normalized spacial score (nSPS) is 17.4. The highest BCUT2D eigenvalue weighted by Gasteiger charge is 2.14. The largest absolute Gasteiger partial charge is 0.381 e. The van der Waals surface area contributed by atoms with Gasteiger partial charge >= 0.3 is 0 Å². The quantitative estimate of drug-likeness (QED) is 0.847. The van der Waals surface area contributed by atoms with E-state index in [-0.39, 0.29) is 0 Å². The zero-order valence-electron chi connectivity index (χ0n) is 9.99. The Bertz CT molecular complexity index is 348. The van der Waals surface area contributed by atoms with Crippen molar-refractivity contribution in [2.45, 2.75) is 39.2 Å². The minimum absolute atomic E-state index is 0.493. The van der Waals surface area contributed by atoms with Gasteiger partial charge < -0.3 is 10.1 Å². The predicted molar refractivity (Wildman–Crippen MR) is 63.6 cm³/mol. The van der Waals surface area contributed by atoms with Crippen LogP contribution in [-0.2, 0) is 11.2 Å². The van der Waals surface area contributed by atoms with E-state index in [1.165, 1.54) is 0 Å². The molecule has 0 spiro atoms. The van der Waals surface area contributed by atoms with E-state index in [0.29, 0.717) is 6.04 Å². The van der Waals surface area contributed by atoms with Crippen LogP contribution in [0.2, 0.25) is 0 Å². The Hall–Kier alpha value is -1.16. The smallest absolute Gasteiger partial charge is 0.130 e. The number of nitrogens with one attached hydrogen (secondary N) is 1. The van der Waals surface area contributed by atoms with Crippen LogP contribution in [0, 0.1) is 6.92 Å². The third-order valence-electron chi connectivity index (χ3n) is 2.83. The highest BCUT2D eigenvalue weighted by Crippen LogP contribution is 2.14. The van der Waals surface area contributed by atoms with Crippen molar-refractivity contribution in [3.8, 4) is 0 Å². The van der Waals surface area contributed by atoms with Gasteiger partial charge in [-0.05, 0) is 26.2 Å². The molecule has 2 rings (SSSR count). The Balaban J connectivity index is 2.04. The number of aryl methyl sites for hydroxylation is 2. The van der Waals surface area contributed by atoms with Crippen molar-refractivity contribution in [3.05, 3.63) is 17.6 Å². The third-order valence-corrected chi connectivity index (χ3v) is 2.83. The van der Waals surface area contributed by atoms with E-state index in [2.05, 4.69) is 22.2 Å². The van der Waals surface area contributed by atoms with Crippen LogP contribution in [-0.4, -0.2) is 29.2 Å². The van der Waals surface area contributed by atoms with Crippen molar-refractivity contribution in [2.24, 2.45) is 0 Å². The van der Waals surface area contributed by atoms with Gasteiger partial charge in [0, 0.05) is 31.0 Å². The van der Waals surface area contributed by atoms with Gasteiger partial charge in [0.2, 0.25) is 0 Å². The standard InChI is InChI=1S/C12H19N3O/c1-3-10-8-12(14-9(2)13-10)15-11-4-6-16-7-5-11/h8,11H,3-7H2,1-2H3,(H,13,14,15). The predicted octanol–water partition coefficient (Wildman–Crippen LogP) is 1.94. The van der Waals surface area contributed by atoms with Gasteiger partial charge in [-0.3, -0.25) is 0 Å². The van der Waals surface area contributed by atoms with Crippen LogP contribution in [0.1, 0.15) is 31.3 Å². The number of aromatic nitrogens is 2. The maximum absolute atomic E-state index is 5.33. The first-order valence-corrected chi connectivity index (χ1v) is 5.96. The van der Waals surface area contributed by atoms with Crippen LogP contribution in [0.4, 0.5) is 5.82 Å². The first-order chi connectivity index (χ1) is 7.78. The molecule has 4 nitrogen and oxygen atoms in total. The summed E-state index contributed by atoms with van der Waals surface area (Å²) >= 11 is 0. The number of hydrogen-bond donors (Lipinski definition) is 1. The van der Waals surface area contributed by atoms with Crippen LogP contribution in [0.5, 0.6) is 0 Å². The molecule has 0 unspecified atom stereocenters. The molecule has 1 aliphatic heterocycles. The molecule has 0 radical (unpaired) electrons. The summed E-state index contributed by atoms with van der Waals surface area (Å²) in [6.07, 6.45) is 3.07. The maximum atomic E-state index is 5.33. The molecule has 2 heterocycles. The third kappa shape index (κ3) is 2.92. The summed E-state index contributed by atoms with van der Waals surface area (Å²) in [7, 11) is 0. The Morgan fingerprint density at radius 3 is 2.81 bits per heavy atom. The SMILES string of the molecule is CCc1cc(NC2CCOCC2)nc(C)n1. The molecule has 1 aliphatic rings. The average molecular weight is 221 g/mol. The minimum atomic E-state index is 0.493. The van der Waals surface area contributed by atoms with Gasteiger partial charge in [0.1, 0.15) is 11.6 Å². The molecule has 0 atom stereocenters. The van der Waals surface area contributed by atoms with Crippen molar-refractivity contribution in [1.82, 2.24) is 9.97 Å². The Morgan fingerprint density at radius 2 is 2.12 bits per heavy atom. The fraction of sp³-hybridized carbons (Fsp3) is 0.667. The van der Waals surface area contributed by atoms with Gasteiger partial charge in [-0.2, -0.15) is 0 Å². The van der Waals surface area contributed by atoms with Gasteiger partial charge in [-0.15, -0.1) is 0 Å². The summed E-state index contributed by atoms with van der Waals surface area (Å²) in [6.45, 7) is 5.75. The van der Waals surface area contributed by atoms with Gasteiger partial charge in [0.15, 0.2) is 0 Å². The van der Waals surface area contributed by atoms with Crippen LogP contribution in [0.15, 0.2) is 6.07 Å². The first kappa shape index (κ1) is 11.3. The average Bonchev–Trinajstić information content (AvgIpc) is 2.29. The van der Waals surface area contributed by atoms with Crippen LogP contribution in [0.25, 0.3) is 0 Å².